The fourth-order valence-corrected chi connectivity index (χ4v) is 12.0. The zero-order chi connectivity index (χ0) is 35.0. The average Bonchev–Trinajstić information content (AvgIpc) is 3.43. The van der Waals surface area contributed by atoms with Crippen molar-refractivity contribution < 1.29 is 66.7 Å². The Morgan fingerprint density at radius 1 is 1.02 bits per heavy atom. The van der Waals surface area contributed by atoms with Gasteiger partial charge in [0.05, 0.1) is 28.4 Å². The van der Waals surface area contributed by atoms with Crippen LogP contribution in [0, 0.1) is 17.7 Å². The molecule has 2 unspecified atom stereocenters. The van der Waals surface area contributed by atoms with Gasteiger partial charge < -0.3 is 15.2 Å². The summed E-state index contributed by atoms with van der Waals surface area (Å²) in [5, 5.41) is 13.2. The maximum atomic E-state index is 15.0. The molecule has 3 aliphatic rings. The number of aldehydes is 1. The molecule has 2 fully saturated rings. The molecule has 2 aliphatic carbocycles. The van der Waals surface area contributed by atoms with Gasteiger partial charge in [0.1, 0.15) is 16.9 Å². The van der Waals surface area contributed by atoms with Gasteiger partial charge in [-0.05, 0) is 61.1 Å². The van der Waals surface area contributed by atoms with Gasteiger partial charge in [-0.3, -0.25) is 4.79 Å². The molecular weight excluding hydrogens is 690 g/mol. The van der Waals surface area contributed by atoms with E-state index < -0.39 is 112 Å². The highest BCUT2D eigenvalue weighted by molar-refractivity contribution is 7.92. The van der Waals surface area contributed by atoms with Crippen molar-refractivity contribution in [3.8, 4) is 0 Å². The number of hydrogen-bond acceptors (Lipinski definition) is 7. The second kappa shape index (κ2) is 11.2. The van der Waals surface area contributed by atoms with E-state index in [1.54, 1.807) is 0 Å². The fraction of sp³-hybridized carbons (Fsp3) is 0.517. The molecule has 0 aromatic heterocycles. The molecule has 1 aliphatic heterocycles. The molecule has 2 N–H and O–H groups in total. The lowest BCUT2D eigenvalue weighted by atomic mass is 9.71. The van der Waals surface area contributed by atoms with E-state index in [1.165, 1.54) is 0 Å². The van der Waals surface area contributed by atoms with Crippen LogP contribution >= 0.6 is 0 Å². The van der Waals surface area contributed by atoms with Crippen LogP contribution in [0.1, 0.15) is 42.4 Å². The van der Waals surface area contributed by atoms with Crippen molar-refractivity contribution in [2.75, 3.05) is 11.5 Å². The van der Waals surface area contributed by atoms with Crippen LogP contribution in [0.3, 0.4) is 0 Å². The summed E-state index contributed by atoms with van der Waals surface area (Å²) in [4.78, 5) is 25.2. The second-order valence-corrected chi connectivity index (χ2v) is 16.7. The summed E-state index contributed by atoms with van der Waals surface area (Å²) < 4.78 is 161. The molecule has 18 heteroatoms. The Hall–Kier alpha value is -3.12. The number of fused-ring (bicyclic) bond motifs is 3. The summed E-state index contributed by atoms with van der Waals surface area (Å²) in [6, 6.07) is 3.17. The minimum Gasteiger partial charge on any atom is -0.388 e. The topological polar surface area (TPSA) is 135 Å². The second-order valence-electron chi connectivity index (χ2n) is 12.3. The third-order valence-electron chi connectivity index (χ3n) is 9.46. The minimum absolute atomic E-state index is 0.161. The molecule has 8 nitrogen and oxygen atoms in total. The van der Waals surface area contributed by atoms with Crippen molar-refractivity contribution in [1.29, 1.82) is 0 Å². The smallest absolute Gasteiger partial charge is 0.388 e. The van der Waals surface area contributed by atoms with Crippen molar-refractivity contribution in [3.63, 3.8) is 0 Å². The first kappa shape index (κ1) is 35.2. The van der Waals surface area contributed by atoms with E-state index in [1.807, 2.05) is 0 Å². The number of carbonyl (C=O) groups is 2. The quantitative estimate of drug-likeness (QED) is 0.252. The van der Waals surface area contributed by atoms with Gasteiger partial charge in [0.25, 0.3) is 0 Å². The van der Waals surface area contributed by atoms with Gasteiger partial charge in [0, 0.05) is 23.4 Å². The maximum Gasteiger partial charge on any atom is 0.435 e. The summed E-state index contributed by atoms with van der Waals surface area (Å²) in [6.45, 7) is 0. The van der Waals surface area contributed by atoms with Gasteiger partial charge in [-0.25, -0.2) is 25.6 Å². The summed E-state index contributed by atoms with van der Waals surface area (Å²) in [5.74, 6) is -5.65. The van der Waals surface area contributed by atoms with Gasteiger partial charge in [-0.15, -0.1) is 0 Å². The van der Waals surface area contributed by atoms with E-state index in [0.717, 1.165) is 24.3 Å². The zero-order valence-corrected chi connectivity index (χ0v) is 25.7. The Bertz CT molecular complexity index is 1800. The van der Waals surface area contributed by atoms with E-state index in [-0.39, 0.29) is 49.0 Å². The van der Waals surface area contributed by atoms with Gasteiger partial charge in [0.15, 0.2) is 19.7 Å². The van der Waals surface area contributed by atoms with Crippen LogP contribution in [0.5, 0.6) is 0 Å². The lowest BCUT2D eigenvalue weighted by molar-refractivity contribution is -0.348. The average molecular weight is 718 g/mol. The van der Waals surface area contributed by atoms with Crippen molar-refractivity contribution >= 4 is 31.9 Å². The molecule has 0 bridgehead atoms. The van der Waals surface area contributed by atoms with Crippen molar-refractivity contribution in [2.45, 2.75) is 71.4 Å². The fourth-order valence-electron chi connectivity index (χ4n) is 7.46. The maximum absolute atomic E-state index is 15.0. The Morgan fingerprint density at radius 3 is 2.17 bits per heavy atom. The van der Waals surface area contributed by atoms with Crippen LogP contribution in [-0.4, -0.2) is 69.6 Å². The lowest BCUT2D eigenvalue weighted by Gasteiger charge is -2.44. The lowest BCUT2D eigenvalue weighted by Crippen LogP contribution is -2.53. The first-order chi connectivity index (χ1) is 21.5. The van der Waals surface area contributed by atoms with E-state index >= 15 is 4.39 Å². The van der Waals surface area contributed by atoms with Gasteiger partial charge in [-0.2, -0.15) is 26.3 Å². The molecule has 5 rings (SSSR count). The number of alkyl halides is 7. The summed E-state index contributed by atoms with van der Waals surface area (Å²) in [6.07, 6.45) is -14.7. The molecule has 0 radical (unpaired) electrons. The Balaban J connectivity index is 1.65. The number of hydrogen-bond donors (Lipinski definition) is 2. The van der Waals surface area contributed by atoms with Gasteiger partial charge in [-0.1, -0.05) is 18.2 Å². The summed E-state index contributed by atoms with van der Waals surface area (Å²) in [7, 11) is -8.53. The molecule has 258 valence electrons. The van der Waals surface area contributed by atoms with Crippen LogP contribution in [0.4, 0.5) is 35.1 Å². The van der Waals surface area contributed by atoms with E-state index in [0.29, 0.717) is 6.07 Å². The van der Waals surface area contributed by atoms with Crippen LogP contribution < -0.4 is 5.32 Å². The number of aryl methyl sites for hydroxylation is 1. The number of halogens is 8. The predicted octanol–water partition coefficient (Wildman–Crippen LogP) is 3.99. The largest absolute Gasteiger partial charge is 0.435 e. The Kier molecular flexibility index (Phi) is 8.40. The molecule has 47 heavy (non-hydrogen) atoms. The molecule has 5 atom stereocenters. The molecular formula is C29H27F8NO7S2. The first-order valence-corrected chi connectivity index (χ1v) is 17.5. The van der Waals surface area contributed by atoms with E-state index in [2.05, 4.69) is 5.32 Å². The standard InChI is InChI=1S/C29H27F8NO7S2/c30-19-3-5-20(6-4-19)47(44,45)26-18(14-39)12-23(38-24(40)13-25(41)9-10-46(42,43)15-25)22(26)7-1-16-11-17(2-8-21(16)26)27(31,28(32,33)34)29(35,36)37/h2-6,8,11,14,18,22-23,41H,1,7,9-10,12-13,15H2,(H,38,40)/t18?,22-,23+,25?,26-/m0/s1. The Labute approximate surface area is 263 Å². The van der Waals surface area contributed by atoms with Crippen LogP contribution in [0.15, 0.2) is 47.4 Å². The number of sulfone groups is 2. The summed E-state index contributed by atoms with van der Waals surface area (Å²) >= 11 is 0. The number of rotatable bonds is 7. The highest BCUT2D eigenvalue weighted by Crippen LogP contribution is 2.61. The minimum atomic E-state index is -6.45. The van der Waals surface area contributed by atoms with Crippen LogP contribution in [-0.2, 0) is 46.1 Å². The zero-order valence-electron chi connectivity index (χ0n) is 24.0. The number of aliphatic hydroxyl groups is 1. The van der Waals surface area contributed by atoms with Gasteiger partial charge in [0.2, 0.25) is 5.91 Å². The molecule has 1 heterocycles. The van der Waals surface area contributed by atoms with Crippen LogP contribution in [0.25, 0.3) is 0 Å². The van der Waals surface area contributed by atoms with E-state index in [4.69, 9.17) is 0 Å². The third kappa shape index (κ3) is 5.53. The molecule has 2 aromatic carbocycles. The van der Waals surface area contributed by atoms with Crippen molar-refractivity contribution in [2.24, 2.45) is 11.8 Å². The third-order valence-corrected chi connectivity index (χ3v) is 13.9. The SMILES string of the molecule is O=CC1C[C@@H](NC(=O)CC2(O)CCS(=O)(=O)C2)[C@@H]2CCc3cc(C(F)(C(F)(F)F)C(F)(F)F)ccc3[C@@]12S(=O)(=O)c1ccc(F)cc1. The highest BCUT2D eigenvalue weighted by Gasteiger charge is 2.74. The first-order valence-electron chi connectivity index (χ1n) is 14.2. The van der Waals surface area contributed by atoms with Gasteiger partial charge >= 0.3 is 18.0 Å². The number of amides is 1. The monoisotopic (exact) mass is 717 g/mol. The molecule has 1 saturated carbocycles. The number of benzene rings is 2. The highest BCUT2D eigenvalue weighted by atomic mass is 32.2. The Morgan fingerprint density at radius 2 is 1.64 bits per heavy atom. The molecule has 2 aromatic rings. The normalized spacial score (nSPS) is 29.2. The molecule has 1 saturated heterocycles. The predicted molar refractivity (Wildman–Crippen MR) is 147 cm³/mol. The summed E-state index contributed by atoms with van der Waals surface area (Å²) in [5.41, 5.74) is -10.4. The molecule has 0 spiro atoms. The van der Waals surface area contributed by atoms with Crippen LogP contribution in [0.2, 0.25) is 0 Å². The van der Waals surface area contributed by atoms with Crippen molar-refractivity contribution in [1.82, 2.24) is 5.32 Å². The number of nitrogens with one attached hydrogen (secondary N) is 1. The van der Waals surface area contributed by atoms with E-state index in [9.17, 15) is 62.3 Å². The molecule has 1 amide bonds. The van der Waals surface area contributed by atoms with Crippen molar-refractivity contribution in [3.05, 3.63) is 65.0 Å². The number of carbonyl (C=O) groups excluding carboxylic acids is 2.